The molecule has 0 atom stereocenters. The van der Waals surface area contributed by atoms with Crippen molar-refractivity contribution in [2.24, 2.45) is 0 Å². The number of benzene rings is 7. The second kappa shape index (κ2) is 16.0. The van der Waals surface area contributed by atoms with Crippen LogP contribution in [-0.2, 0) is 0 Å². The van der Waals surface area contributed by atoms with Crippen LogP contribution in [0.25, 0.3) is 95.3 Å². The molecule has 5 heteroatoms. The van der Waals surface area contributed by atoms with Crippen molar-refractivity contribution in [1.29, 1.82) is 0 Å². The highest BCUT2D eigenvalue weighted by atomic mass is 15.0. The predicted molar refractivity (Wildman–Crippen MR) is 267 cm³/mol. The third kappa shape index (κ3) is 6.71. The Morgan fingerprint density at radius 1 is 0.312 bits per heavy atom. The second-order valence-electron chi connectivity index (χ2n) is 17.4. The largest absolute Gasteiger partial charge is 0.308 e. The van der Waals surface area contributed by atoms with Gasteiger partial charge in [0.15, 0.2) is 11.6 Å². The van der Waals surface area contributed by atoms with E-state index >= 15 is 0 Å². The van der Waals surface area contributed by atoms with Gasteiger partial charge < -0.3 is 4.57 Å². The van der Waals surface area contributed by atoms with Crippen LogP contribution >= 0.6 is 0 Å². The lowest BCUT2D eigenvalue weighted by Gasteiger charge is -2.21. The second-order valence-corrected chi connectivity index (χ2v) is 17.4. The summed E-state index contributed by atoms with van der Waals surface area (Å²) in [7, 11) is 0. The molecule has 0 spiro atoms. The minimum absolute atomic E-state index is 0.658. The summed E-state index contributed by atoms with van der Waals surface area (Å²) in [6, 6.07) is 50.4. The Kier molecular flexibility index (Phi) is 10.1. The maximum absolute atomic E-state index is 5.50. The van der Waals surface area contributed by atoms with Crippen LogP contribution in [0.3, 0.4) is 0 Å². The molecule has 7 aromatic carbocycles. The van der Waals surface area contributed by atoms with Gasteiger partial charge in [0.2, 0.25) is 0 Å². The predicted octanol–water partition coefficient (Wildman–Crippen LogP) is 15.1. The molecule has 0 unspecified atom stereocenters. The van der Waals surface area contributed by atoms with Crippen LogP contribution in [0.1, 0.15) is 50.1 Å². The van der Waals surface area contributed by atoms with Crippen LogP contribution in [-0.4, -0.2) is 24.5 Å². The number of fused-ring (bicyclic) bond motifs is 3. The van der Waals surface area contributed by atoms with Gasteiger partial charge in [-0.2, -0.15) is 0 Å². The topological polar surface area (TPSA) is 56.5 Å². The first kappa shape index (κ1) is 40.6. The number of aryl methyl sites for hydroxylation is 5. The lowest BCUT2D eigenvalue weighted by atomic mass is 9.90. The van der Waals surface area contributed by atoms with E-state index in [4.69, 9.17) is 19.9 Å². The molecule has 312 valence electrons. The van der Waals surface area contributed by atoms with Gasteiger partial charge in [0.1, 0.15) is 0 Å². The monoisotopic (exact) mass is 829 g/mol. The van der Waals surface area contributed by atoms with Crippen LogP contribution in [0.15, 0.2) is 146 Å². The van der Waals surface area contributed by atoms with E-state index in [9.17, 15) is 0 Å². The molecule has 0 aliphatic carbocycles. The molecule has 3 aromatic heterocycles. The quantitative estimate of drug-likeness (QED) is 0.161. The highest BCUT2D eigenvalue weighted by Gasteiger charge is 2.27. The minimum atomic E-state index is 0.658. The number of hydrogen-bond donors (Lipinski definition) is 0. The maximum Gasteiger partial charge on any atom is 0.160 e. The molecule has 0 aliphatic rings. The van der Waals surface area contributed by atoms with Gasteiger partial charge in [-0.25, -0.2) is 19.9 Å². The molecule has 0 saturated heterocycles. The van der Waals surface area contributed by atoms with Gasteiger partial charge in [0.25, 0.3) is 0 Å². The number of aromatic nitrogens is 5. The van der Waals surface area contributed by atoms with Crippen molar-refractivity contribution >= 4 is 21.8 Å². The van der Waals surface area contributed by atoms with E-state index in [-0.39, 0.29) is 0 Å². The summed E-state index contributed by atoms with van der Waals surface area (Å²) in [5.41, 5.74) is 24.4. The molecule has 10 aromatic rings. The molecule has 0 radical (unpaired) electrons. The molecular formula is C59H51N5. The van der Waals surface area contributed by atoms with Crippen LogP contribution < -0.4 is 0 Å². The van der Waals surface area contributed by atoms with Gasteiger partial charge in [-0.1, -0.05) is 121 Å². The third-order valence-corrected chi connectivity index (χ3v) is 13.8. The van der Waals surface area contributed by atoms with E-state index in [1.807, 2.05) is 36.4 Å². The van der Waals surface area contributed by atoms with Gasteiger partial charge in [-0.15, -0.1) is 0 Å². The zero-order chi connectivity index (χ0) is 44.4. The maximum atomic E-state index is 5.50. The zero-order valence-electron chi connectivity index (χ0n) is 38.1. The molecule has 0 saturated carbocycles. The molecule has 0 amide bonds. The number of rotatable bonds is 7. The molecule has 0 aliphatic heterocycles. The van der Waals surface area contributed by atoms with Crippen molar-refractivity contribution in [3.05, 3.63) is 196 Å². The highest BCUT2D eigenvalue weighted by molar-refractivity contribution is 6.16. The van der Waals surface area contributed by atoms with Gasteiger partial charge in [0, 0.05) is 44.2 Å². The van der Waals surface area contributed by atoms with E-state index in [0.717, 1.165) is 67.4 Å². The first-order chi connectivity index (χ1) is 31.0. The van der Waals surface area contributed by atoms with Gasteiger partial charge in [-0.3, -0.25) is 0 Å². The molecule has 64 heavy (non-hydrogen) atoms. The van der Waals surface area contributed by atoms with E-state index in [1.165, 1.54) is 66.3 Å². The van der Waals surface area contributed by atoms with Crippen molar-refractivity contribution in [2.45, 2.75) is 62.3 Å². The summed E-state index contributed by atoms with van der Waals surface area (Å²) < 4.78 is 2.56. The minimum Gasteiger partial charge on any atom is -0.308 e. The Labute approximate surface area is 376 Å². The first-order valence-corrected chi connectivity index (χ1v) is 22.2. The Morgan fingerprint density at radius 2 is 0.672 bits per heavy atom. The molecule has 0 bridgehead atoms. The average molecular weight is 830 g/mol. The summed E-state index contributed by atoms with van der Waals surface area (Å²) >= 11 is 0. The van der Waals surface area contributed by atoms with Crippen LogP contribution in [0, 0.1) is 62.3 Å². The molecule has 3 heterocycles. The van der Waals surface area contributed by atoms with Crippen molar-refractivity contribution in [3.63, 3.8) is 0 Å². The average Bonchev–Trinajstić information content (AvgIpc) is 3.71. The zero-order valence-corrected chi connectivity index (χ0v) is 38.1. The molecule has 10 rings (SSSR count). The Balaban J connectivity index is 1.37. The standard InChI is InChI=1S/C59H51N5/c1-34-30-53(64-56-41(8)37(4)35(2)39(6)54(56)55-40(7)36(3)38(5)42(9)57(55)64)48(52-33-51(45-26-18-12-19-27-45)60-58(63-52)46-28-20-13-21-29-46)31-47(34)59-61-49(43-22-14-10-15-23-43)32-50(62-59)44-24-16-11-17-25-44/h10-33H,1-9H3. The summed E-state index contributed by atoms with van der Waals surface area (Å²) in [5, 5.41) is 2.63. The Morgan fingerprint density at radius 3 is 1.11 bits per heavy atom. The van der Waals surface area contributed by atoms with Crippen molar-refractivity contribution in [3.8, 4) is 73.5 Å². The van der Waals surface area contributed by atoms with Crippen molar-refractivity contribution < 1.29 is 0 Å². The molecular weight excluding hydrogens is 779 g/mol. The molecule has 0 fully saturated rings. The van der Waals surface area contributed by atoms with Crippen LogP contribution in [0.5, 0.6) is 0 Å². The van der Waals surface area contributed by atoms with Gasteiger partial charge in [0.05, 0.1) is 39.5 Å². The van der Waals surface area contributed by atoms with Crippen LogP contribution in [0.2, 0.25) is 0 Å². The lowest BCUT2D eigenvalue weighted by molar-refractivity contribution is 1.11. The fraction of sp³-hybridized carbons (Fsp3) is 0.153. The molecule has 5 nitrogen and oxygen atoms in total. The van der Waals surface area contributed by atoms with E-state index in [0.29, 0.717) is 11.6 Å². The summed E-state index contributed by atoms with van der Waals surface area (Å²) in [4.78, 5) is 21.5. The normalized spacial score (nSPS) is 11.5. The van der Waals surface area contributed by atoms with Gasteiger partial charge >= 0.3 is 0 Å². The van der Waals surface area contributed by atoms with E-state index < -0.39 is 0 Å². The van der Waals surface area contributed by atoms with Crippen molar-refractivity contribution in [1.82, 2.24) is 24.5 Å². The van der Waals surface area contributed by atoms with Crippen molar-refractivity contribution in [2.75, 3.05) is 0 Å². The van der Waals surface area contributed by atoms with E-state index in [2.05, 4.69) is 176 Å². The highest BCUT2D eigenvalue weighted by Crippen LogP contribution is 2.46. The van der Waals surface area contributed by atoms with E-state index in [1.54, 1.807) is 0 Å². The summed E-state index contributed by atoms with van der Waals surface area (Å²) in [6.07, 6.45) is 0. The van der Waals surface area contributed by atoms with Gasteiger partial charge in [-0.05, 0) is 137 Å². The third-order valence-electron chi connectivity index (χ3n) is 13.8. The fourth-order valence-corrected chi connectivity index (χ4v) is 9.57. The summed E-state index contributed by atoms with van der Waals surface area (Å²) in [6.45, 7) is 20.5. The van der Waals surface area contributed by atoms with Crippen LogP contribution in [0.4, 0.5) is 0 Å². The molecule has 0 N–H and O–H groups in total. The fourth-order valence-electron chi connectivity index (χ4n) is 9.57. The smallest absolute Gasteiger partial charge is 0.160 e. The number of nitrogens with zero attached hydrogens (tertiary/aromatic N) is 5. The lowest BCUT2D eigenvalue weighted by Crippen LogP contribution is -2.06. The Bertz CT molecular complexity index is 3250. The Hall–Kier alpha value is -7.50. The first-order valence-electron chi connectivity index (χ1n) is 22.2. The number of hydrogen-bond acceptors (Lipinski definition) is 4. The summed E-state index contributed by atoms with van der Waals surface area (Å²) in [5.74, 6) is 1.32. The SMILES string of the molecule is Cc1cc(-n2c3c(C)c(C)c(C)c(C)c3c3c(C)c(C)c(C)c(C)c32)c(-c2cc(-c3ccccc3)nc(-c3ccccc3)n2)cc1-c1nc(-c2ccccc2)cc(-c2ccccc2)n1.